The van der Waals surface area contributed by atoms with Crippen molar-refractivity contribution in [3.05, 3.63) is 59.2 Å². The molecule has 0 aromatic carbocycles. The molecule has 0 radical (unpaired) electrons. The number of anilines is 1. The highest BCUT2D eigenvalue weighted by Gasteiger charge is 2.17. The van der Waals surface area contributed by atoms with Crippen LogP contribution in [0, 0.1) is 0 Å². The minimum Gasteiger partial charge on any atom is -0.469 e. The van der Waals surface area contributed by atoms with Crippen LogP contribution in [-0.2, 0) is 11.2 Å². The van der Waals surface area contributed by atoms with E-state index in [0.717, 1.165) is 26.1 Å². The van der Waals surface area contributed by atoms with Gasteiger partial charge in [-0.15, -0.1) is 22.7 Å². The molecule has 0 spiro atoms. The average Bonchev–Trinajstić information content (AvgIpc) is 3.40. The number of amides is 1. The standard InChI is InChI=1S/C18H14N2O2S3/c21-15(8-7-12-4-1-9-22-12)19-18-20-16(13-5-2-10-23-13)17(25-18)14-6-3-11-24-14/h1-6,9-11H,7-8H2,(H,19,20,21). The number of carbonyl (C=O) groups excluding carboxylic acids is 1. The molecule has 4 heterocycles. The maximum absolute atomic E-state index is 12.2. The number of rotatable bonds is 6. The van der Waals surface area contributed by atoms with Crippen LogP contribution in [0.15, 0.2) is 57.8 Å². The van der Waals surface area contributed by atoms with Crippen molar-refractivity contribution in [2.45, 2.75) is 12.8 Å². The summed E-state index contributed by atoms with van der Waals surface area (Å²) >= 11 is 4.85. The summed E-state index contributed by atoms with van der Waals surface area (Å²) in [6.07, 6.45) is 2.57. The van der Waals surface area contributed by atoms with E-state index in [9.17, 15) is 4.79 Å². The molecule has 25 heavy (non-hydrogen) atoms. The lowest BCUT2D eigenvalue weighted by atomic mass is 10.2. The van der Waals surface area contributed by atoms with Crippen molar-refractivity contribution in [2.24, 2.45) is 0 Å². The Balaban J connectivity index is 1.54. The number of hydrogen-bond donors (Lipinski definition) is 1. The van der Waals surface area contributed by atoms with Gasteiger partial charge in [0, 0.05) is 17.7 Å². The Hall–Kier alpha value is -2.22. The fourth-order valence-electron chi connectivity index (χ4n) is 2.40. The van der Waals surface area contributed by atoms with Gasteiger partial charge in [-0.25, -0.2) is 4.98 Å². The molecule has 0 unspecified atom stereocenters. The quantitative estimate of drug-likeness (QED) is 0.458. The first-order chi connectivity index (χ1) is 12.3. The molecule has 4 nitrogen and oxygen atoms in total. The van der Waals surface area contributed by atoms with E-state index in [1.165, 1.54) is 11.3 Å². The van der Waals surface area contributed by atoms with Crippen LogP contribution in [0.2, 0.25) is 0 Å². The molecule has 0 atom stereocenters. The summed E-state index contributed by atoms with van der Waals surface area (Å²) in [6, 6.07) is 11.9. The zero-order chi connectivity index (χ0) is 17.1. The average molecular weight is 387 g/mol. The van der Waals surface area contributed by atoms with Crippen molar-refractivity contribution in [3.8, 4) is 20.3 Å². The van der Waals surface area contributed by atoms with Crippen LogP contribution in [-0.4, -0.2) is 10.9 Å². The van der Waals surface area contributed by atoms with Gasteiger partial charge >= 0.3 is 0 Å². The van der Waals surface area contributed by atoms with Crippen molar-refractivity contribution >= 4 is 45.0 Å². The number of nitrogens with one attached hydrogen (secondary N) is 1. The number of thiophene rings is 2. The fraction of sp³-hybridized carbons (Fsp3) is 0.111. The maximum atomic E-state index is 12.2. The molecule has 4 rings (SSSR count). The third-order valence-corrected chi connectivity index (χ3v) is 6.45. The molecule has 1 amide bonds. The lowest BCUT2D eigenvalue weighted by molar-refractivity contribution is -0.116. The van der Waals surface area contributed by atoms with Crippen LogP contribution in [0.3, 0.4) is 0 Å². The zero-order valence-electron chi connectivity index (χ0n) is 13.1. The minimum absolute atomic E-state index is 0.0550. The summed E-state index contributed by atoms with van der Waals surface area (Å²) in [7, 11) is 0. The molecular formula is C18H14N2O2S3. The van der Waals surface area contributed by atoms with Crippen molar-refractivity contribution in [2.75, 3.05) is 5.32 Å². The van der Waals surface area contributed by atoms with Gasteiger partial charge in [0.05, 0.1) is 16.0 Å². The lowest BCUT2D eigenvalue weighted by Crippen LogP contribution is -2.11. The van der Waals surface area contributed by atoms with Gasteiger partial charge in [0.15, 0.2) is 5.13 Å². The van der Waals surface area contributed by atoms with Gasteiger partial charge in [-0.2, -0.15) is 0 Å². The molecule has 7 heteroatoms. The van der Waals surface area contributed by atoms with Gasteiger partial charge in [-0.3, -0.25) is 4.79 Å². The van der Waals surface area contributed by atoms with E-state index < -0.39 is 0 Å². The molecule has 0 aliphatic heterocycles. The predicted octanol–water partition coefficient (Wildman–Crippen LogP) is 5.76. The Bertz CT molecular complexity index is 887. The molecule has 0 bridgehead atoms. The summed E-state index contributed by atoms with van der Waals surface area (Å²) in [6.45, 7) is 0. The second kappa shape index (κ2) is 7.35. The smallest absolute Gasteiger partial charge is 0.226 e. The first-order valence-corrected chi connectivity index (χ1v) is 10.3. The lowest BCUT2D eigenvalue weighted by Gasteiger charge is -1.99. The Labute approximate surface area is 156 Å². The van der Waals surface area contributed by atoms with Crippen molar-refractivity contribution in [1.82, 2.24) is 4.98 Å². The van der Waals surface area contributed by atoms with Crippen LogP contribution in [0.25, 0.3) is 20.3 Å². The SMILES string of the molecule is O=C(CCc1ccco1)Nc1nc(-c2cccs2)c(-c2cccs2)s1. The van der Waals surface area contributed by atoms with Gasteiger partial charge in [0.25, 0.3) is 0 Å². The van der Waals surface area contributed by atoms with E-state index >= 15 is 0 Å². The minimum atomic E-state index is -0.0550. The number of furan rings is 1. The van der Waals surface area contributed by atoms with Gasteiger partial charge < -0.3 is 9.73 Å². The van der Waals surface area contributed by atoms with Gasteiger partial charge in [0.2, 0.25) is 5.91 Å². The molecule has 1 N–H and O–H groups in total. The third-order valence-electron chi connectivity index (χ3n) is 3.55. The molecule has 0 aliphatic carbocycles. The molecule has 0 aliphatic rings. The number of thiazole rings is 1. The van der Waals surface area contributed by atoms with Crippen LogP contribution in [0.4, 0.5) is 5.13 Å². The van der Waals surface area contributed by atoms with Gasteiger partial charge in [-0.1, -0.05) is 23.5 Å². The first kappa shape index (κ1) is 16.3. The number of carbonyl (C=O) groups is 1. The molecule has 0 saturated heterocycles. The van der Waals surface area contributed by atoms with Gasteiger partial charge in [0.1, 0.15) is 11.5 Å². The summed E-state index contributed by atoms with van der Waals surface area (Å²) in [4.78, 5) is 20.3. The van der Waals surface area contributed by atoms with E-state index in [-0.39, 0.29) is 5.91 Å². The highest BCUT2D eigenvalue weighted by atomic mass is 32.1. The van der Waals surface area contributed by atoms with E-state index in [4.69, 9.17) is 4.42 Å². The second-order valence-electron chi connectivity index (χ2n) is 5.28. The molecule has 4 aromatic rings. The second-order valence-corrected chi connectivity index (χ2v) is 8.17. The normalized spacial score (nSPS) is 10.9. The summed E-state index contributed by atoms with van der Waals surface area (Å²) in [5.41, 5.74) is 0.934. The highest BCUT2D eigenvalue weighted by molar-refractivity contribution is 7.24. The van der Waals surface area contributed by atoms with E-state index in [1.807, 2.05) is 29.6 Å². The third kappa shape index (κ3) is 3.73. The molecule has 0 saturated carbocycles. The predicted molar refractivity (Wildman–Crippen MR) is 104 cm³/mol. The van der Waals surface area contributed by atoms with E-state index in [1.54, 1.807) is 28.9 Å². The number of nitrogens with zero attached hydrogens (tertiary/aromatic N) is 1. The monoisotopic (exact) mass is 386 g/mol. The van der Waals surface area contributed by atoms with Crippen molar-refractivity contribution in [3.63, 3.8) is 0 Å². The van der Waals surface area contributed by atoms with Crippen molar-refractivity contribution < 1.29 is 9.21 Å². The Morgan fingerprint density at radius 2 is 1.88 bits per heavy atom. The van der Waals surface area contributed by atoms with Crippen LogP contribution < -0.4 is 5.32 Å². The van der Waals surface area contributed by atoms with Crippen LogP contribution in [0.1, 0.15) is 12.2 Å². The van der Waals surface area contributed by atoms with E-state index in [0.29, 0.717) is 18.0 Å². The molecule has 4 aromatic heterocycles. The number of hydrogen-bond acceptors (Lipinski definition) is 6. The summed E-state index contributed by atoms with van der Waals surface area (Å²) in [5.74, 6) is 0.758. The van der Waals surface area contributed by atoms with Crippen molar-refractivity contribution in [1.29, 1.82) is 0 Å². The topological polar surface area (TPSA) is 55.1 Å². The largest absolute Gasteiger partial charge is 0.469 e. The Morgan fingerprint density at radius 3 is 2.56 bits per heavy atom. The zero-order valence-corrected chi connectivity index (χ0v) is 15.5. The Morgan fingerprint density at radius 1 is 1.08 bits per heavy atom. The summed E-state index contributed by atoms with van der Waals surface area (Å²) < 4.78 is 5.26. The highest BCUT2D eigenvalue weighted by Crippen LogP contribution is 2.42. The van der Waals surface area contributed by atoms with Gasteiger partial charge in [-0.05, 0) is 35.0 Å². The summed E-state index contributed by atoms with van der Waals surface area (Å²) in [5, 5.41) is 7.65. The molecule has 0 fully saturated rings. The first-order valence-electron chi connectivity index (χ1n) is 7.70. The molecule has 126 valence electrons. The van der Waals surface area contributed by atoms with Crippen LogP contribution >= 0.6 is 34.0 Å². The number of aryl methyl sites for hydroxylation is 1. The van der Waals surface area contributed by atoms with E-state index in [2.05, 4.69) is 27.8 Å². The maximum Gasteiger partial charge on any atom is 0.226 e. The fourth-order valence-corrected chi connectivity index (χ4v) is 5.04. The number of aromatic nitrogens is 1. The van der Waals surface area contributed by atoms with Crippen LogP contribution in [0.5, 0.6) is 0 Å². The molecular weight excluding hydrogens is 372 g/mol. The Kier molecular flexibility index (Phi) is 4.78.